The lowest BCUT2D eigenvalue weighted by Gasteiger charge is -2.29. The van der Waals surface area contributed by atoms with Gasteiger partial charge in [-0.1, -0.05) is 73.5 Å². The minimum Gasteiger partial charge on any atom is -0.463 e. The summed E-state index contributed by atoms with van der Waals surface area (Å²) in [6.45, 7) is 7.49. The fourth-order valence-corrected chi connectivity index (χ4v) is 6.29. The molecule has 0 unspecified atom stereocenters. The van der Waals surface area contributed by atoms with E-state index in [2.05, 4.69) is 28.8 Å². The monoisotopic (exact) mass is 613 g/mol. The van der Waals surface area contributed by atoms with Gasteiger partial charge in [-0.15, -0.1) is 13.2 Å². The van der Waals surface area contributed by atoms with Crippen LogP contribution in [0.2, 0.25) is 0 Å². The van der Waals surface area contributed by atoms with Gasteiger partial charge in [-0.05, 0) is 62.1 Å². The number of rotatable bonds is 18. The van der Waals surface area contributed by atoms with Gasteiger partial charge in [0.1, 0.15) is 6.61 Å². The third-order valence-corrected chi connectivity index (χ3v) is 8.81. The number of nitrogens with one attached hydrogen (secondary N) is 3. The summed E-state index contributed by atoms with van der Waals surface area (Å²) in [5.74, 6) is -1.88. The van der Waals surface area contributed by atoms with Crippen molar-refractivity contribution in [2.24, 2.45) is 11.8 Å². The van der Waals surface area contributed by atoms with Gasteiger partial charge in [-0.2, -0.15) is 0 Å². The van der Waals surface area contributed by atoms with Gasteiger partial charge in [0.25, 0.3) is 0 Å². The summed E-state index contributed by atoms with van der Waals surface area (Å²) in [5.41, 5.74) is 2.41. The van der Waals surface area contributed by atoms with Crippen molar-refractivity contribution in [3.63, 3.8) is 0 Å². The maximum atomic E-state index is 13.7. The Labute approximate surface area is 266 Å². The fourth-order valence-electron chi connectivity index (χ4n) is 6.29. The Morgan fingerprint density at radius 1 is 0.978 bits per heavy atom. The van der Waals surface area contributed by atoms with Gasteiger partial charge in [-0.3, -0.25) is 14.4 Å². The largest absolute Gasteiger partial charge is 0.463 e. The van der Waals surface area contributed by atoms with E-state index in [4.69, 9.17) is 4.74 Å². The van der Waals surface area contributed by atoms with Crippen LogP contribution in [0.25, 0.3) is 10.9 Å². The molecule has 1 saturated carbocycles. The second-order valence-electron chi connectivity index (χ2n) is 12.3. The number of amides is 2. The van der Waals surface area contributed by atoms with Gasteiger partial charge in [0.15, 0.2) is 0 Å². The third-order valence-electron chi connectivity index (χ3n) is 8.81. The van der Waals surface area contributed by atoms with Gasteiger partial charge >= 0.3 is 5.97 Å². The predicted molar refractivity (Wildman–Crippen MR) is 177 cm³/mol. The van der Waals surface area contributed by atoms with Gasteiger partial charge in [-0.25, -0.2) is 0 Å². The Morgan fingerprint density at radius 2 is 1.71 bits per heavy atom. The van der Waals surface area contributed by atoms with Gasteiger partial charge < -0.3 is 25.5 Å². The number of benzene rings is 2. The minimum absolute atomic E-state index is 0.00983. The van der Waals surface area contributed by atoms with E-state index in [9.17, 15) is 19.5 Å². The molecule has 0 saturated heterocycles. The Bertz CT molecular complexity index is 1430. The first kappa shape index (κ1) is 33.7. The normalized spacial score (nSPS) is 15.9. The molecule has 1 aromatic heterocycles. The molecule has 4 rings (SSSR count). The summed E-state index contributed by atoms with van der Waals surface area (Å²) < 4.78 is 5.91. The number of carbonyl (C=O) groups excluding carboxylic acids is 3. The molecule has 1 aliphatic rings. The Hall–Kier alpha value is -4.17. The number of para-hydroxylation sites is 1. The van der Waals surface area contributed by atoms with Crippen molar-refractivity contribution < 1.29 is 24.2 Å². The molecule has 1 heterocycles. The van der Waals surface area contributed by atoms with Crippen LogP contribution in [0.15, 0.2) is 86.1 Å². The molecule has 1 aliphatic carbocycles. The molecule has 3 aromatic rings. The van der Waals surface area contributed by atoms with Crippen LogP contribution < -0.4 is 10.6 Å². The molecule has 0 spiro atoms. The molecule has 0 bridgehead atoms. The number of aliphatic hydroxyl groups excluding tert-OH is 1. The zero-order valence-electron chi connectivity index (χ0n) is 26.1. The number of H-pyrrole nitrogens is 1. The summed E-state index contributed by atoms with van der Waals surface area (Å²) in [5, 5.41) is 17.1. The van der Waals surface area contributed by atoms with Crippen molar-refractivity contribution in [3.05, 3.63) is 97.2 Å². The summed E-state index contributed by atoms with van der Waals surface area (Å²) >= 11 is 0. The molecular weight excluding hydrogens is 566 g/mol. The number of allylic oxidation sites excluding steroid dienone is 2. The van der Waals surface area contributed by atoms with Crippen LogP contribution in [-0.4, -0.2) is 52.7 Å². The Kier molecular flexibility index (Phi) is 12.6. The third kappa shape index (κ3) is 9.66. The topological polar surface area (TPSA) is 121 Å². The van der Waals surface area contributed by atoms with Gasteiger partial charge in [0, 0.05) is 23.5 Å². The maximum absolute atomic E-state index is 13.7. The summed E-state index contributed by atoms with van der Waals surface area (Å²) in [7, 11) is 0. The number of aromatic amines is 1. The van der Waals surface area contributed by atoms with E-state index in [-0.39, 0.29) is 43.3 Å². The van der Waals surface area contributed by atoms with Crippen molar-refractivity contribution in [1.29, 1.82) is 0 Å². The molecule has 2 aromatic carbocycles. The molecule has 2 amide bonds. The first-order chi connectivity index (χ1) is 21.9. The van der Waals surface area contributed by atoms with Crippen molar-refractivity contribution in [2.45, 2.75) is 75.8 Å². The highest BCUT2D eigenvalue weighted by atomic mass is 16.5. The SMILES string of the molecule is C=CCC[C@H](Cc1ccccc1)C(=O)OC[C@H](Cc1c[nH]c2ccccc12)NC(=O)[C@H](CC=C)CC(=O)NC1(CO)CCCC1. The standard InChI is InChI=1S/C37H47N3O5/c1-3-5-16-29(21-27-14-7-6-8-15-27)36(44)45-25-31(22-30-24-38-33-18-10-9-17-32(30)33)39-35(43)28(13-4-2)23-34(42)40-37(26-41)19-11-12-20-37/h3-4,6-10,14-15,17-18,24,28-29,31,38,41H,1-2,5,11-13,16,19-23,25-26H2,(H,39,43)(H,40,42)/t28-,29-,31+/m1/s1. The van der Waals surface area contributed by atoms with Crippen molar-refractivity contribution in [1.82, 2.24) is 15.6 Å². The van der Waals surface area contributed by atoms with E-state index in [1.54, 1.807) is 12.2 Å². The number of esters is 1. The lowest BCUT2D eigenvalue weighted by Crippen LogP contribution is -2.50. The van der Waals surface area contributed by atoms with Crippen LogP contribution in [0, 0.1) is 11.8 Å². The highest BCUT2D eigenvalue weighted by Gasteiger charge is 2.35. The molecule has 8 nitrogen and oxygen atoms in total. The van der Waals surface area contributed by atoms with Crippen LogP contribution in [-0.2, 0) is 32.0 Å². The van der Waals surface area contributed by atoms with Crippen LogP contribution in [0.3, 0.4) is 0 Å². The van der Waals surface area contributed by atoms with Crippen LogP contribution in [0.1, 0.15) is 62.5 Å². The molecule has 8 heteroatoms. The van der Waals surface area contributed by atoms with E-state index < -0.39 is 17.5 Å². The van der Waals surface area contributed by atoms with E-state index in [1.807, 2.05) is 60.8 Å². The first-order valence-corrected chi connectivity index (χ1v) is 16.1. The van der Waals surface area contributed by atoms with Gasteiger partial charge in [0.2, 0.25) is 11.8 Å². The van der Waals surface area contributed by atoms with E-state index in [0.717, 1.165) is 47.7 Å². The van der Waals surface area contributed by atoms with Crippen LogP contribution >= 0.6 is 0 Å². The minimum atomic E-state index is -0.653. The average molecular weight is 614 g/mol. The summed E-state index contributed by atoms with van der Waals surface area (Å²) in [6, 6.07) is 17.3. The summed E-state index contributed by atoms with van der Waals surface area (Å²) in [4.78, 5) is 43.4. The molecule has 1 fully saturated rings. The number of hydrogen-bond acceptors (Lipinski definition) is 5. The highest BCUT2D eigenvalue weighted by molar-refractivity contribution is 5.87. The lowest BCUT2D eigenvalue weighted by molar-refractivity contribution is -0.150. The Balaban J connectivity index is 1.47. The predicted octanol–water partition coefficient (Wildman–Crippen LogP) is 5.57. The van der Waals surface area contributed by atoms with E-state index in [0.29, 0.717) is 32.1 Å². The van der Waals surface area contributed by atoms with Crippen molar-refractivity contribution >= 4 is 28.7 Å². The Morgan fingerprint density at radius 3 is 2.42 bits per heavy atom. The number of ether oxygens (including phenoxy) is 1. The molecule has 240 valence electrons. The fraction of sp³-hybridized carbons (Fsp3) is 0.432. The number of aliphatic hydroxyl groups is 1. The molecular formula is C37H47N3O5. The lowest BCUT2D eigenvalue weighted by atomic mass is 9.94. The second kappa shape index (κ2) is 16.8. The molecule has 4 N–H and O–H groups in total. The van der Waals surface area contributed by atoms with Gasteiger partial charge in [0.05, 0.1) is 30.0 Å². The highest BCUT2D eigenvalue weighted by Crippen LogP contribution is 2.29. The van der Waals surface area contributed by atoms with Crippen molar-refractivity contribution in [2.75, 3.05) is 13.2 Å². The molecule has 45 heavy (non-hydrogen) atoms. The number of fused-ring (bicyclic) bond motifs is 1. The smallest absolute Gasteiger partial charge is 0.309 e. The first-order valence-electron chi connectivity index (χ1n) is 16.1. The number of hydrogen-bond donors (Lipinski definition) is 4. The van der Waals surface area contributed by atoms with E-state index >= 15 is 0 Å². The number of carbonyl (C=O) groups is 3. The van der Waals surface area contributed by atoms with Crippen LogP contribution in [0.4, 0.5) is 0 Å². The quantitative estimate of drug-likeness (QED) is 0.111. The maximum Gasteiger partial charge on any atom is 0.309 e. The van der Waals surface area contributed by atoms with E-state index in [1.165, 1.54) is 0 Å². The van der Waals surface area contributed by atoms with Crippen molar-refractivity contribution in [3.8, 4) is 0 Å². The number of aromatic nitrogens is 1. The zero-order valence-corrected chi connectivity index (χ0v) is 26.1. The summed E-state index contributed by atoms with van der Waals surface area (Å²) in [6.07, 6.45) is 11.3. The average Bonchev–Trinajstić information content (AvgIpc) is 3.69. The second-order valence-corrected chi connectivity index (χ2v) is 12.3. The molecule has 0 radical (unpaired) electrons. The zero-order chi connectivity index (χ0) is 32.1. The van der Waals surface area contributed by atoms with Crippen LogP contribution in [0.5, 0.6) is 0 Å². The molecule has 0 aliphatic heterocycles. The molecule has 3 atom stereocenters.